The fraction of sp³-hybridized carbons (Fsp3) is 0.250. The molecule has 0 saturated heterocycles. The van der Waals surface area contributed by atoms with Crippen LogP contribution in [0.2, 0.25) is 0 Å². The molecule has 0 amide bonds. The maximum Gasteiger partial charge on any atom is 0.240 e. The van der Waals surface area contributed by atoms with E-state index in [2.05, 4.69) is 19.9 Å². The number of ketones is 1. The smallest absolute Gasteiger partial charge is 0.240 e. The molecule has 0 saturated carbocycles. The Bertz CT molecular complexity index is 429. The van der Waals surface area contributed by atoms with Crippen LogP contribution < -0.4 is 5.73 Å². The van der Waals surface area contributed by atoms with Gasteiger partial charge in [0, 0.05) is 6.21 Å². The fourth-order valence-corrected chi connectivity index (χ4v) is 0.845. The van der Waals surface area contributed by atoms with E-state index < -0.39 is 0 Å². The van der Waals surface area contributed by atoms with Crippen LogP contribution in [0.3, 0.4) is 0 Å². The van der Waals surface area contributed by atoms with Gasteiger partial charge in [0.25, 0.3) is 0 Å². The number of allylic oxidation sites excluding steroid dienone is 2. The van der Waals surface area contributed by atoms with Crippen molar-refractivity contribution in [1.29, 1.82) is 0 Å². The highest BCUT2D eigenvalue weighted by Gasteiger charge is 2.07. The Kier molecular flexibility index (Phi) is 3.17. The Morgan fingerprint density at radius 1 is 1.53 bits per heavy atom. The van der Waals surface area contributed by atoms with Crippen LogP contribution in [-0.2, 0) is 4.79 Å². The van der Waals surface area contributed by atoms with Crippen LogP contribution in [0, 0.1) is 0 Å². The van der Waals surface area contributed by atoms with Crippen LogP contribution in [0.4, 0.5) is 11.6 Å². The van der Waals surface area contributed by atoms with Gasteiger partial charge in [-0.15, -0.1) is 0 Å². The average molecular weight is 210 g/mol. The lowest BCUT2D eigenvalue weighted by Crippen LogP contribution is -2.01. The van der Waals surface area contributed by atoms with Crippen molar-refractivity contribution in [3.63, 3.8) is 0 Å². The Labute approximate surface area is 85.3 Å². The van der Waals surface area contributed by atoms with Gasteiger partial charge < -0.3 is 10.8 Å². The molecule has 0 aromatic carbocycles. The Balaban J connectivity index is 2.95. The van der Waals surface area contributed by atoms with Crippen molar-refractivity contribution in [1.82, 2.24) is 10.3 Å². The molecule has 0 bridgehead atoms. The van der Waals surface area contributed by atoms with Gasteiger partial charge in [-0.3, -0.25) is 4.79 Å². The van der Waals surface area contributed by atoms with Gasteiger partial charge in [0.1, 0.15) is 5.76 Å². The molecule has 0 aliphatic rings. The molecule has 0 spiro atoms. The van der Waals surface area contributed by atoms with Gasteiger partial charge in [-0.2, -0.15) is 0 Å². The average Bonchev–Trinajstić information content (AvgIpc) is 2.51. The van der Waals surface area contributed by atoms with Gasteiger partial charge in [-0.05, 0) is 24.2 Å². The van der Waals surface area contributed by atoms with Gasteiger partial charge in [0.05, 0.1) is 5.57 Å². The maximum absolute atomic E-state index is 11.0. The molecule has 80 valence electrons. The number of nitrogens with zero attached hydrogens (tertiary/aromatic N) is 3. The van der Waals surface area contributed by atoms with Gasteiger partial charge in [-0.25, -0.2) is 9.62 Å². The molecule has 15 heavy (non-hydrogen) atoms. The number of aliphatic hydroxyl groups excluding tert-OH is 1. The number of aromatic nitrogens is 2. The van der Waals surface area contributed by atoms with Crippen molar-refractivity contribution < 1.29 is 14.5 Å². The summed E-state index contributed by atoms with van der Waals surface area (Å²) in [6.45, 7) is 2.69. The Hall–Kier alpha value is -2.18. The number of Topliss-reactive ketones (excluding diaryl/α,β-unsaturated/α-hetero) is 1. The van der Waals surface area contributed by atoms with E-state index in [4.69, 9.17) is 10.8 Å². The largest absolute Gasteiger partial charge is 0.512 e. The number of aliphatic imine (C=N–C) groups is 1. The Morgan fingerprint density at radius 3 is 2.60 bits per heavy atom. The zero-order valence-electron chi connectivity index (χ0n) is 8.26. The summed E-state index contributed by atoms with van der Waals surface area (Å²) >= 11 is 0. The molecule has 0 radical (unpaired) electrons. The number of nitrogens with two attached hydrogens (primary N) is 1. The highest BCUT2D eigenvalue weighted by molar-refractivity contribution is 6.12. The van der Waals surface area contributed by atoms with Crippen molar-refractivity contribution in [2.45, 2.75) is 13.8 Å². The molecule has 1 rings (SSSR count). The van der Waals surface area contributed by atoms with Crippen LogP contribution in [0.1, 0.15) is 13.8 Å². The highest BCUT2D eigenvalue weighted by atomic mass is 16.6. The minimum absolute atomic E-state index is 0.0183. The number of carbonyl (C=O) groups is 1. The summed E-state index contributed by atoms with van der Waals surface area (Å²) in [5.41, 5.74) is 5.42. The first-order valence-corrected chi connectivity index (χ1v) is 4.05. The summed E-state index contributed by atoms with van der Waals surface area (Å²) in [5.74, 6) is -0.352. The lowest BCUT2D eigenvalue weighted by Gasteiger charge is -1.96. The molecule has 0 aliphatic heterocycles. The lowest BCUT2D eigenvalue weighted by atomic mass is 10.2. The van der Waals surface area contributed by atoms with E-state index in [1.165, 1.54) is 13.8 Å². The first-order chi connectivity index (χ1) is 7.02. The number of anilines is 1. The fourth-order valence-electron chi connectivity index (χ4n) is 0.845. The zero-order valence-corrected chi connectivity index (χ0v) is 8.26. The van der Waals surface area contributed by atoms with Crippen molar-refractivity contribution in [2.24, 2.45) is 4.99 Å². The topological polar surface area (TPSA) is 115 Å². The molecule has 1 aromatic heterocycles. The predicted molar refractivity (Wildman–Crippen MR) is 52.9 cm³/mol. The van der Waals surface area contributed by atoms with E-state index >= 15 is 0 Å². The van der Waals surface area contributed by atoms with E-state index in [-0.39, 0.29) is 28.8 Å². The summed E-state index contributed by atoms with van der Waals surface area (Å²) in [6, 6.07) is 0. The number of carbonyl (C=O) groups excluding carboxylic acids is 1. The minimum Gasteiger partial charge on any atom is -0.512 e. The van der Waals surface area contributed by atoms with Crippen LogP contribution in [0.5, 0.6) is 0 Å². The standard InChI is InChI=1S/C8H10N4O3/c1-4(13)6(5(2)14)3-10-8-7(9)11-15-12-8/h3,13H,1-2H3,(H2,9,11)/b6-4-,10-3?. The van der Waals surface area contributed by atoms with Crippen LogP contribution in [-0.4, -0.2) is 27.4 Å². The first-order valence-electron chi connectivity index (χ1n) is 4.05. The van der Waals surface area contributed by atoms with E-state index in [9.17, 15) is 4.79 Å². The number of aliphatic hydroxyl groups is 1. The summed E-state index contributed by atoms with van der Waals surface area (Å²) in [6.07, 6.45) is 1.16. The first kappa shape index (κ1) is 10.9. The summed E-state index contributed by atoms with van der Waals surface area (Å²) in [4.78, 5) is 14.8. The quantitative estimate of drug-likeness (QED) is 0.432. The molecular weight excluding hydrogens is 200 g/mol. The maximum atomic E-state index is 11.0. The number of hydrogen-bond acceptors (Lipinski definition) is 7. The second-order valence-electron chi connectivity index (χ2n) is 2.79. The second kappa shape index (κ2) is 4.36. The third kappa shape index (κ3) is 2.63. The summed E-state index contributed by atoms with van der Waals surface area (Å²) in [5, 5.41) is 15.8. The molecule has 7 heteroatoms. The van der Waals surface area contributed by atoms with Gasteiger partial charge in [0.2, 0.25) is 11.6 Å². The van der Waals surface area contributed by atoms with E-state index in [1.54, 1.807) is 0 Å². The molecule has 1 aromatic rings. The molecule has 0 unspecified atom stereocenters. The minimum atomic E-state index is -0.311. The molecule has 1 heterocycles. The van der Waals surface area contributed by atoms with E-state index in [0.717, 1.165) is 6.21 Å². The Morgan fingerprint density at radius 2 is 2.20 bits per heavy atom. The predicted octanol–water partition coefficient (Wildman–Crippen LogP) is 0.775. The van der Waals surface area contributed by atoms with Crippen molar-refractivity contribution in [2.75, 3.05) is 5.73 Å². The third-order valence-corrected chi connectivity index (χ3v) is 1.58. The van der Waals surface area contributed by atoms with E-state index in [0.29, 0.717) is 0 Å². The number of hydrogen-bond donors (Lipinski definition) is 2. The monoisotopic (exact) mass is 210 g/mol. The van der Waals surface area contributed by atoms with Crippen molar-refractivity contribution in [3.8, 4) is 0 Å². The zero-order chi connectivity index (χ0) is 11.4. The second-order valence-corrected chi connectivity index (χ2v) is 2.79. The molecule has 7 nitrogen and oxygen atoms in total. The van der Waals surface area contributed by atoms with Gasteiger partial charge in [0.15, 0.2) is 5.78 Å². The number of nitrogen functional groups attached to an aromatic ring is 1. The van der Waals surface area contributed by atoms with Crippen LogP contribution in [0.15, 0.2) is 21.0 Å². The highest BCUT2D eigenvalue weighted by Crippen LogP contribution is 2.15. The summed E-state index contributed by atoms with van der Waals surface area (Å²) in [7, 11) is 0. The van der Waals surface area contributed by atoms with Crippen LogP contribution >= 0.6 is 0 Å². The van der Waals surface area contributed by atoms with Crippen LogP contribution in [0.25, 0.3) is 0 Å². The molecular formula is C8H10N4O3. The van der Waals surface area contributed by atoms with Gasteiger partial charge >= 0.3 is 0 Å². The SMILES string of the molecule is CC(=O)/C(C=Nc1nonc1N)=C(/C)O. The molecule has 0 aliphatic carbocycles. The summed E-state index contributed by atoms with van der Waals surface area (Å²) < 4.78 is 4.30. The van der Waals surface area contributed by atoms with E-state index in [1.807, 2.05) is 0 Å². The normalized spacial score (nSPS) is 12.9. The van der Waals surface area contributed by atoms with Crippen molar-refractivity contribution >= 4 is 23.6 Å². The molecule has 0 atom stereocenters. The third-order valence-electron chi connectivity index (χ3n) is 1.58. The number of rotatable bonds is 3. The molecule has 0 fully saturated rings. The van der Waals surface area contributed by atoms with Crippen molar-refractivity contribution in [3.05, 3.63) is 11.3 Å². The molecule has 3 N–H and O–H groups in total. The lowest BCUT2D eigenvalue weighted by molar-refractivity contribution is -0.113. The van der Waals surface area contributed by atoms with Gasteiger partial charge in [-0.1, -0.05) is 0 Å².